The number of rotatable bonds is 5. The Morgan fingerprint density at radius 3 is 3.09 bits per heavy atom. The zero-order valence-corrected chi connectivity index (χ0v) is 14.4. The molecule has 0 N–H and O–H groups in total. The largest absolute Gasteiger partial charge is 0.378 e. The van der Waals surface area contributed by atoms with Crippen LogP contribution >= 0.6 is 11.3 Å². The van der Waals surface area contributed by atoms with E-state index in [0.717, 1.165) is 43.9 Å². The Morgan fingerprint density at radius 2 is 2.30 bits per heavy atom. The Balaban J connectivity index is 1.89. The Kier molecular flexibility index (Phi) is 5.07. The second-order valence-electron chi connectivity index (χ2n) is 5.64. The van der Waals surface area contributed by atoms with Gasteiger partial charge in [0.15, 0.2) is 0 Å². The summed E-state index contributed by atoms with van der Waals surface area (Å²) in [5.41, 5.74) is 2.44. The number of methoxy groups -OCH3 is 1. The lowest BCUT2D eigenvalue weighted by Crippen LogP contribution is -2.39. The summed E-state index contributed by atoms with van der Waals surface area (Å²) in [7, 11) is 1.62. The normalized spacial score (nSPS) is 18.3. The van der Waals surface area contributed by atoms with Gasteiger partial charge in [-0.05, 0) is 26.2 Å². The van der Waals surface area contributed by atoms with Crippen LogP contribution in [0.5, 0.6) is 0 Å². The zero-order chi connectivity index (χ0) is 16.2. The van der Waals surface area contributed by atoms with Crippen molar-refractivity contribution in [2.45, 2.75) is 45.4 Å². The molecule has 1 saturated heterocycles. The van der Waals surface area contributed by atoms with Crippen molar-refractivity contribution in [1.82, 2.24) is 19.4 Å². The van der Waals surface area contributed by atoms with Gasteiger partial charge in [0.25, 0.3) is 5.91 Å². The fourth-order valence-electron chi connectivity index (χ4n) is 3.14. The molecule has 2 aromatic heterocycles. The maximum Gasteiger partial charge on any atom is 0.266 e. The molecule has 0 spiro atoms. The number of piperidine rings is 1. The van der Waals surface area contributed by atoms with Gasteiger partial charge in [0.05, 0.1) is 23.9 Å². The van der Waals surface area contributed by atoms with Gasteiger partial charge >= 0.3 is 0 Å². The minimum Gasteiger partial charge on any atom is -0.378 e. The molecule has 0 aliphatic carbocycles. The highest BCUT2D eigenvalue weighted by molar-refractivity contribution is 7.11. The highest BCUT2D eigenvalue weighted by atomic mass is 32.1. The maximum absolute atomic E-state index is 13.1. The molecule has 1 aliphatic rings. The van der Waals surface area contributed by atoms with Crippen molar-refractivity contribution in [1.29, 1.82) is 0 Å². The van der Waals surface area contributed by atoms with E-state index >= 15 is 0 Å². The predicted octanol–water partition coefficient (Wildman–Crippen LogP) is 2.87. The maximum atomic E-state index is 13.1. The first-order chi connectivity index (χ1) is 11.3. The van der Waals surface area contributed by atoms with Crippen LogP contribution < -0.4 is 0 Å². The number of hydrogen-bond donors (Lipinski definition) is 0. The third-order valence-corrected chi connectivity index (χ3v) is 5.12. The Bertz CT molecular complexity index is 667. The number of thiazole rings is 1. The van der Waals surface area contributed by atoms with Gasteiger partial charge in [-0.25, -0.2) is 9.97 Å². The number of amides is 1. The highest BCUT2D eigenvalue weighted by Gasteiger charge is 2.33. The number of carbonyl (C=O) groups is 1. The topological polar surface area (TPSA) is 60.2 Å². The van der Waals surface area contributed by atoms with Crippen LogP contribution in [0.2, 0.25) is 0 Å². The summed E-state index contributed by atoms with van der Waals surface area (Å²) in [5, 5.41) is 0. The van der Waals surface area contributed by atoms with Crippen molar-refractivity contribution in [3.05, 3.63) is 34.3 Å². The molecule has 23 heavy (non-hydrogen) atoms. The van der Waals surface area contributed by atoms with Crippen molar-refractivity contribution < 1.29 is 9.53 Å². The Hall–Kier alpha value is -1.73. The van der Waals surface area contributed by atoms with Gasteiger partial charge in [-0.2, -0.15) is 0 Å². The first kappa shape index (κ1) is 16.1. The highest BCUT2D eigenvalue weighted by Crippen LogP contribution is 2.32. The third-order valence-electron chi connectivity index (χ3n) is 4.27. The fourth-order valence-corrected chi connectivity index (χ4v) is 3.89. The van der Waals surface area contributed by atoms with Crippen LogP contribution in [0, 0.1) is 0 Å². The Morgan fingerprint density at radius 1 is 1.43 bits per heavy atom. The predicted molar refractivity (Wildman–Crippen MR) is 88.4 cm³/mol. The van der Waals surface area contributed by atoms with Crippen molar-refractivity contribution in [2.75, 3.05) is 13.7 Å². The Labute approximate surface area is 140 Å². The molecule has 1 fully saturated rings. The summed E-state index contributed by atoms with van der Waals surface area (Å²) in [4.78, 5) is 24.5. The molecular formula is C16H22N4O2S. The molecule has 0 bridgehead atoms. The lowest BCUT2D eigenvalue weighted by molar-refractivity contribution is 0.0595. The second-order valence-corrected chi connectivity index (χ2v) is 6.50. The molecule has 2 aromatic rings. The van der Waals surface area contributed by atoms with Gasteiger partial charge in [0.2, 0.25) is 0 Å². The van der Waals surface area contributed by atoms with Crippen LogP contribution in [-0.4, -0.2) is 39.0 Å². The SMILES string of the molecule is CCn1ccnc1C1CCCCN1C(=O)c1scnc1COC. The molecule has 3 rings (SSSR count). The number of aryl methyl sites for hydroxylation is 1. The lowest BCUT2D eigenvalue weighted by atomic mass is 10.0. The van der Waals surface area contributed by atoms with Gasteiger partial charge in [-0.15, -0.1) is 11.3 Å². The molecule has 124 valence electrons. The zero-order valence-electron chi connectivity index (χ0n) is 13.6. The van der Waals surface area contributed by atoms with E-state index in [1.165, 1.54) is 11.3 Å². The van der Waals surface area contributed by atoms with Crippen LogP contribution in [-0.2, 0) is 17.9 Å². The molecule has 0 aromatic carbocycles. The van der Waals surface area contributed by atoms with Crippen molar-refractivity contribution >= 4 is 17.2 Å². The van der Waals surface area contributed by atoms with Crippen LogP contribution in [0.25, 0.3) is 0 Å². The van der Waals surface area contributed by atoms with Crippen LogP contribution in [0.15, 0.2) is 17.9 Å². The van der Waals surface area contributed by atoms with E-state index in [2.05, 4.69) is 21.5 Å². The third kappa shape index (κ3) is 3.16. The monoisotopic (exact) mass is 334 g/mol. The van der Waals surface area contributed by atoms with E-state index in [4.69, 9.17) is 4.74 Å². The van der Waals surface area contributed by atoms with E-state index < -0.39 is 0 Å². The van der Waals surface area contributed by atoms with Crippen LogP contribution in [0.4, 0.5) is 0 Å². The van der Waals surface area contributed by atoms with E-state index in [9.17, 15) is 4.79 Å². The molecule has 0 saturated carbocycles. The quantitative estimate of drug-likeness (QED) is 0.843. The van der Waals surface area contributed by atoms with E-state index in [0.29, 0.717) is 11.5 Å². The molecule has 1 amide bonds. The average molecular weight is 334 g/mol. The number of imidazole rings is 1. The molecule has 0 radical (unpaired) electrons. The molecule has 1 unspecified atom stereocenters. The molecule has 3 heterocycles. The molecule has 7 heteroatoms. The van der Waals surface area contributed by atoms with Crippen LogP contribution in [0.3, 0.4) is 0 Å². The average Bonchev–Trinajstić information content (AvgIpc) is 3.23. The van der Waals surface area contributed by atoms with Crippen molar-refractivity contribution in [2.24, 2.45) is 0 Å². The first-order valence-corrected chi connectivity index (χ1v) is 8.87. The van der Waals surface area contributed by atoms with Gasteiger partial charge in [0, 0.05) is 32.6 Å². The summed E-state index contributed by atoms with van der Waals surface area (Å²) in [6.45, 7) is 4.10. The smallest absolute Gasteiger partial charge is 0.266 e. The summed E-state index contributed by atoms with van der Waals surface area (Å²) < 4.78 is 7.28. The fraction of sp³-hybridized carbons (Fsp3) is 0.562. The standard InChI is InChI=1S/C16H22N4O2S/c1-3-19-9-7-17-15(19)13-6-4-5-8-20(13)16(21)14-12(10-22-2)18-11-23-14/h7,9,11,13H,3-6,8,10H2,1-2H3. The number of ether oxygens (including phenoxy) is 1. The van der Waals surface area contributed by atoms with Gasteiger partial charge in [-0.1, -0.05) is 0 Å². The summed E-state index contributed by atoms with van der Waals surface area (Å²) in [5.74, 6) is 1.04. The number of likely N-dealkylation sites (tertiary alicyclic amines) is 1. The number of aromatic nitrogens is 3. The summed E-state index contributed by atoms with van der Waals surface area (Å²) >= 11 is 1.39. The molecule has 6 nitrogen and oxygen atoms in total. The molecule has 1 aliphatic heterocycles. The minimum absolute atomic E-state index is 0.0451. The first-order valence-electron chi connectivity index (χ1n) is 7.99. The summed E-state index contributed by atoms with van der Waals surface area (Å²) in [6, 6.07) is 0.0451. The van der Waals surface area contributed by atoms with Gasteiger partial charge in [0.1, 0.15) is 10.7 Å². The van der Waals surface area contributed by atoms with E-state index in [1.807, 2.05) is 17.3 Å². The number of hydrogen-bond acceptors (Lipinski definition) is 5. The van der Waals surface area contributed by atoms with Gasteiger partial charge < -0.3 is 14.2 Å². The lowest BCUT2D eigenvalue weighted by Gasteiger charge is -2.35. The molecular weight excluding hydrogens is 312 g/mol. The summed E-state index contributed by atoms with van der Waals surface area (Å²) in [6.07, 6.45) is 6.92. The minimum atomic E-state index is 0.0451. The van der Waals surface area contributed by atoms with E-state index in [-0.39, 0.29) is 11.9 Å². The van der Waals surface area contributed by atoms with Crippen molar-refractivity contribution in [3.8, 4) is 0 Å². The number of carbonyl (C=O) groups excluding carboxylic acids is 1. The second kappa shape index (κ2) is 7.23. The van der Waals surface area contributed by atoms with E-state index in [1.54, 1.807) is 12.6 Å². The van der Waals surface area contributed by atoms with Crippen LogP contribution in [0.1, 0.15) is 53.4 Å². The van der Waals surface area contributed by atoms with Gasteiger partial charge in [-0.3, -0.25) is 4.79 Å². The molecule has 1 atom stereocenters. The number of nitrogens with zero attached hydrogens (tertiary/aromatic N) is 4. The van der Waals surface area contributed by atoms with Crippen molar-refractivity contribution in [3.63, 3.8) is 0 Å².